The van der Waals surface area contributed by atoms with E-state index in [9.17, 15) is 21.6 Å². The molecule has 2 aliphatic carbocycles. The molecule has 3 rings (SSSR count). The largest absolute Gasteiger partial charge is 0.416 e. The Morgan fingerprint density at radius 1 is 1.18 bits per heavy atom. The van der Waals surface area contributed by atoms with Crippen molar-refractivity contribution in [2.24, 2.45) is 17.8 Å². The first-order chi connectivity index (χ1) is 10.3. The van der Waals surface area contributed by atoms with Crippen LogP contribution in [0.1, 0.15) is 18.4 Å². The van der Waals surface area contributed by atoms with Crippen LogP contribution in [0.2, 0.25) is 0 Å². The van der Waals surface area contributed by atoms with Crippen molar-refractivity contribution in [3.8, 4) is 0 Å². The van der Waals surface area contributed by atoms with Crippen molar-refractivity contribution < 1.29 is 21.6 Å². The summed E-state index contributed by atoms with van der Waals surface area (Å²) >= 11 is 0. The summed E-state index contributed by atoms with van der Waals surface area (Å²) in [5, 5.41) is 0. The molecule has 3 nitrogen and oxygen atoms in total. The zero-order valence-electron chi connectivity index (χ0n) is 11.7. The molecule has 0 spiro atoms. The summed E-state index contributed by atoms with van der Waals surface area (Å²) in [5.41, 5.74) is -0.960. The van der Waals surface area contributed by atoms with Crippen LogP contribution in [0.25, 0.3) is 0 Å². The normalized spacial score (nSPS) is 27.5. The summed E-state index contributed by atoms with van der Waals surface area (Å²) in [6.07, 6.45) is 1.70. The number of nitrogens with one attached hydrogen (secondary N) is 1. The van der Waals surface area contributed by atoms with Gasteiger partial charge in [-0.1, -0.05) is 18.2 Å². The Balaban J connectivity index is 1.72. The highest BCUT2D eigenvalue weighted by atomic mass is 32.2. The molecular weight excluding hydrogens is 315 g/mol. The molecule has 1 aromatic rings. The second-order valence-corrected chi connectivity index (χ2v) is 7.68. The molecule has 0 heterocycles. The quantitative estimate of drug-likeness (QED) is 0.861. The standard InChI is InChI=1S/C15H16F3NO2S/c16-15(17,18)13-2-1-3-14(8-13)22(20,21)19-9-12-7-10-4-5-11(12)6-10/h1-5,8,10-12,19H,6-7,9H2. The number of fused-ring (bicyclic) bond motifs is 2. The monoisotopic (exact) mass is 331 g/mol. The number of hydrogen-bond acceptors (Lipinski definition) is 2. The van der Waals surface area contributed by atoms with Gasteiger partial charge >= 0.3 is 6.18 Å². The molecule has 22 heavy (non-hydrogen) atoms. The van der Waals surface area contributed by atoms with Crippen LogP contribution < -0.4 is 4.72 Å². The molecule has 7 heteroatoms. The minimum atomic E-state index is -4.55. The molecule has 1 N–H and O–H groups in total. The molecule has 0 saturated heterocycles. The minimum absolute atomic E-state index is 0.232. The first-order valence-corrected chi connectivity index (χ1v) is 8.59. The van der Waals surface area contributed by atoms with Crippen molar-refractivity contribution in [1.82, 2.24) is 4.72 Å². The highest BCUT2D eigenvalue weighted by molar-refractivity contribution is 7.89. The second-order valence-electron chi connectivity index (χ2n) is 5.92. The lowest BCUT2D eigenvalue weighted by molar-refractivity contribution is -0.137. The number of hydrogen-bond donors (Lipinski definition) is 1. The van der Waals surface area contributed by atoms with Gasteiger partial charge in [0.05, 0.1) is 10.5 Å². The van der Waals surface area contributed by atoms with Gasteiger partial charge in [-0.15, -0.1) is 0 Å². The third kappa shape index (κ3) is 3.05. The lowest BCUT2D eigenvalue weighted by Gasteiger charge is -2.18. The number of benzene rings is 1. The molecule has 1 aromatic carbocycles. The van der Waals surface area contributed by atoms with Crippen LogP contribution in [0.3, 0.4) is 0 Å². The Morgan fingerprint density at radius 2 is 1.95 bits per heavy atom. The zero-order valence-corrected chi connectivity index (χ0v) is 12.5. The van der Waals surface area contributed by atoms with E-state index in [1.54, 1.807) is 0 Å². The molecule has 2 bridgehead atoms. The number of rotatable bonds is 4. The Morgan fingerprint density at radius 3 is 2.55 bits per heavy atom. The fourth-order valence-electron chi connectivity index (χ4n) is 3.27. The Bertz CT molecular complexity index is 697. The van der Waals surface area contributed by atoms with Crippen molar-refractivity contribution in [2.75, 3.05) is 6.54 Å². The number of allylic oxidation sites excluding steroid dienone is 2. The highest BCUT2D eigenvalue weighted by Gasteiger charge is 2.36. The first kappa shape index (κ1) is 15.6. The molecule has 0 radical (unpaired) electrons. The van der Waals surface area contributed by atoms with Crippen LogP contribution in [0, 0.1) is 17.8 Å². The predicted octanol–water partition coefficient (Wildman–Crippen LogP) is 3.20. The molecule has 0 aromatic heterocycles. The molecular formula is C15H16F3NO2S. The van der Waals surface area contributed by atoms with Gasteiger partial charge in [0, 0.05) is 6.54 Å². The summed E-state index contributed by atoms with van der Waals surface area (Å²) in [7, 11) is -3.92. The van der Waals surface area contributed by atoms with Gasteiger partial charge in [-0.3, -0.25) is 0 Å². The van der Waals surface area contributed by atoms with E-state index in [2.05, 4.69) is 16.9 Å². The van der Waals surface area contributed by atoms with E-state index in [4.69, 9.17) is 0 Å². The van der Waals surface area contributed by atoms with Gasteiger partial charge in [0.25, 0.3) is 0 Å². The molecule has 120 valence electrons. The molecule has 2 aliphatic rings. The van der Waals surface area contributed by atoms with Crippen molar-refractivity contribution in [3.05, 3.63) is 42.0 Å². The van der Waals surface area contributed by atoms with Crippen LogP contribution in [0.5, 0.6) is 0 Å². The second kappa shape index (κ2) is 5.38. The van der Waals surface area contributed by atoms with E-state index in [0.29, 0.717) is 17.9 Å². The van der Waals surface area contributed by atoms with Crippen LogP contribution in [0.15, 0.2) is 41.3 Å². The van der Waals surface area contributed by atoms with Gasteiger partial charge < -0.3 is 0 Å². The molecule has 1 fully saturated rings. The highest BCUT2D eigenvalue weighted by Crippen LogP contribution is 2.43. The van der Waals surface area contributed by atoms with Gasteiger partial charge in [0.2, 0.25) is 10.0 Å². The predicted molar refractivity (Wildman–Crippen MR) is 75.5 cm³/mol. The smallest absolute Gasteiger partial charge is 0.211 e. The van der Waals surface area contributed by atoms with Crippen LogP contribution >= 0.6 is 0 Å². The van der Waals surface area contributed by atoms with E-state index in [0.717, 1.165) is 25.0 Å². The number of halogens is 3. The van der Waals surface area contributed by atoms with E-state index >= 15 is 0 Å². The van der Waals surface area contributed by atoms with Crippen molar-refractivity contribution >= 4 is 10.0 Å². The lowest BCUT2D eigenvalue weighted by atomic mass is 9.94. The van der Waals surface area contributed by atoms with E-state index in [1.165, 1.54) is 6.07 Å². The van der Waals surface area contributed by atoms with E-state index in [1.807, 2.05) is 0 Å². The number of sulfonamides is 1. The molecule has 3 atom stereocenters. The molecule has 0 amide bonds. The fourth-order valence-corrected chi connectivity index (χ4v) is 4.41. The van der Waals surface area contributed by atoms with E-state index < -0.39 is 21.8 Å². The summed E-state index contributed by atoms with van der Waals surface area (Å²) in [6.45, 7) is 0.268. The van der Waals surface area contributed by atoms with Gasteiger partial charge in [0.15, 0.2) is 0 Å². The minimum Gasteiger partial charge on any atom is -0.211 e. The SMILES string of the molecule is O=S(=O)(NCC1CC2C=CC1C2)c1cccc(C(F)(F)F)c1. The van der Waals surface area contributed by atoms with Crippen molar-refractivity contribution in [3.63, 3.8) is 0 Å². The van der Waals surface area contributed by atoms with Crippen LogP contribution in [-0.2, 0) is 16.2 Å². The molecule has 1 saturated carbocycles. The first-order valence-electron chi connectivity index (χ1n) is 7.11. The van der Waals surface area contributed by atoms with Gasteiger partial charge in [0.1, 0.15) is 0 Å². The van der Waals surface area contributed by atoms with Crippen molar-refractivity contribution in [2.45, 2.75) is 23.9 Å². The summed E-state index contributed by atoms with van der Waals surface area (Å²) in [6, 6.07) is 3.82. The van der Waals surface area contributed by atoms with Crippen LogP contribution in [-0.4, -0.2) is 15.0 Å². The van der Waals surface area contributed by atoms with Gasteiger partial charge in [-0.05, 0) is 48.8 Å². The number of alkyl halides is 3. The third-order valence-electron chi connectivity index (χ3n) is 4.42. The average Bonchev–Trinajstić information content (AvgIpc) is 3.07. The summed E-state index contributed by atoms with van der Waals surface area (Å²) in [4.78, 5) is -0.346. The maximum absolute atomic E-state index is 12.7. The topological polar surface area (TPSA) is 46.2 Å². The molecule has 0 aliphatic heterocycles. The van der Waals surface area contributed by atoms with Crippen molar-refractivity contribution in [1.29, 1.82) is 0 Å². The summed E-state index contributed by atoms with van der Waals surface area (Å²) < 4.78 is 64.8. The average molecular weight is 331 g/mol. The summed E-state index contributed by atoms with van der Waals surface area (Å²) in [5.74, 6) is 1.14. The Hall–Kier alpha value is -1.34. The van der Waals surface area contributed by atoms with Crippen LogP contribution in [0.4, 0.5) is 13.2 Å². The Kier molecular flexibility index (Phi) is 3.81. The molecule has 3 unspecified atom stereocenters. The maximum Gasteiger partial charge on any atom is 0.416 e. The lowest BCUT2D eigenvalue weighted by Crippen LogP contribution is -2.31. The maximum atomic E-state index is 12.7. The fraction of sp³-hybridized carbons (Fsp3) is 0.467. The third-order valence-corrected chi connectivity index (χ3v) is 5.84. The van der Waals surface area contributed by atoms with E-state index in [-0.39, 0.29) is 17.4 Å². The van der Waals surface area contributed by atoms with Gasteiger partial charge in [-0.2, -0.15) is 13.2 Å². The van der Waals surface area contributed by atoms with Gasteiger partial charge in [-0.25, -0.2) is 13.1 Å². The Labute approximate surface area is 127 Å². The zero-order chi connectivity index (χ0) is 16.0.